The molecule has 1 unspecified atom stereocenters. The fourth-order valence-electron chi connectivity index (χ4n) is 2.42. The molecule has 1 N–H and O–H groups in total. The van der Waals surface area contributed by atoms with Crippen molar-refractivity contribution in [2.45, 2.75) is 13.0 Å². The third-order valence-corrected chi connectivity index (χ3v) is 3.75. The van der Waals surface area contributed by atoms with E-state index < -0.39 is 0 Å². The minimum atomic E-state index is -0.146. The third kappa shape index (κ3) is 3.16. The molecule has 1 heterocycles. The molecule has 1 fully saturated rings. The summed E-state index contributed by atoms with van der Waals surface area (Å²) in [6.07, 6.45) is 0. The van der Waals surface area contributed by atoms with Gasteiger partial charge in [0.2, 0.25) is 5.91 Å². The molecule has 20 heavy (non-hydrogen) atoms. The zero-order chi connectivity index (χ0) is 14.5. The lowest BCUT2D eigenvalue weighted by molar-refractivity contribution is -0.123. The standard InChI is InChI=1S/C15H20N4O/c1-12(19-8-6-17-7-9-19)15(20)18(2)14-5-3-4-13(10-14)11-16/h3-5,10,12,17H,6-9H2,1-2H3. The van der Waals surface area contributed by atoms with Gasteiger partial charge >= 0.3 is 0 Å². The van der Waals surface area contributed by atoms with Gasteiger partial charge in [0.1, 0.15) is 0 Å². The normalized spacial score (nSPS) is 17.2. The first-order valence-electron chi connectivity index (χ1n) is 6.86. The van der Waals surface area contributed by atoms with Gasteiger partial charge in [-0.1, -0.05) is 6.07 Å². The molecule has 1 aliphatic heterocycles. The Balaban J connectivity index is 2.09. The van der Waals surface area contributed by atoms with Gasteiger partial charge in [0.25, 0.3) is 0 Å². The Kier molecular flexibility index (Phi) is 4.72. The number of carbonyl (C=O) groups excluding carboxylic acids is 1. The maximum atomic E-state index is 12.5. The Morgan fingerprint density at radius 3 is 2.80 bits per heavy atom. The maximum Gasteiger partial charge on any atom is 0.243 e. The van der Waals surface area contributed by atoms with Gasteiger partial charge in [0, 0.05) is 38.9 Å². The Morgan fingerprint density at radius 2 is 2.15 bits per heavy atom. The van der Waals surface area contributed by atoms with Crippen LogP contribution in [-0.2, 0) is 4.79 Å². The molecule has 5 heteroatoms. The summed E-state index contributed by atoms with van der Waals surface area (Å²) in [5.74, 6) is 0.0574. The molecule has 1 saturated heterocycles. The molecule has 5 nitrogen and oxygen atoms in total. The lowest BCUT2D eigenvalue weighted by atomic mass is 10.1. The van der Waals surface area contributed by atoms with Crippen molar-refractivity contribution in [2.75, 3.05) is 38.1 Å². The number of hydrogen-bond acceptors (Lipinski definition) is 4. The van der Waals surface area contributed by atoms with Crippen LogP contribution >= 0.6 is 0 Å². The Bertz CT molecular complexity index is 517. The maximum absolute atomic E-state index is 12.5. The number of nitrogens with one attached hydrogen (secondary N) is 1. The lowest BCUT2D eigenvalue weighted by Gasteiger charge is -2.34. The summed E-state index contributed by atoms with van der Waals surface area (Å²) in [5.41, 5.74) is 1.33. The average Bonchev–Trinajstić information content (AvgIpc) is 2.53. The number of benzene rings is 1. The van der Waals surface area contributed by atoms with Crippen LogP contribution in [0.1, 0.15) is 12.5 Å². The number of hydrogen-bond donors (Lipinski definition) is 1. The van der Waals surface area contributed by atoms with Crippen molar-refractivity contribution in [1.82, 2.24) is 10.2 Å². The van der Waals surface area contributed by atoms with E-state index in [0.717, 1.165) is 31.9 Å². The quantitative estimate of drug-likeness (QED) is 0.885. The predicted octanol–water partition coefficient (Wildman–Crippen LogP) is 0.815. The van der Waals surface area contributed by atoms with E-state index in [1.54, 1.807) is 30.1 Å². The zero-order valence-corrected chi connectivity index (χ0v) is 12.0. The molecule has 106 valence electrons. The fraction of sp³-hybridized carbons (Fsp3) is 0.467. The second-order valence-electron chi connectivity index (χ2n) is 5.02. The second-order valence-corrected chi connectivity index (χ2v) is 5.02. The van der Waals surface area contributed by atoms with Crippen LogP contribution in [0.15, 0.2) is 24.3 Å². The Hall–Kier alpha value is -1.90. The second kappa shape index (κ2) is 6.51. The van der Waals surface area contributed by atoms with Crippen LogP contribution in [0, 0.1) is 11.3 Å². The summed E-state index contributed by atoms with van der Waals surface area (Å²) in [5, 5.41) is 12.2. The zero-order valence-electron chi connectivity index (χ0n) is 12.0. The summed E-state index contributed by atoms with van der Waals surface area (Å²) >= 11 is 0. The number of anilines is 1. The van der Waals surface area contributed by atoms with Crippen LogP contribution in [-0.4, -0.2) is 50.1 Å². The highest BCUT2D eigenvalue weighted by Gasteiger charge is 2.25. The van der Waals surface area contributed by atoms with Gasteiger partial charge in [-0.05, 0) is 25.1 Å². The number of carbonyl (C=O) groups is 1. The van der Waals surface area contributed by atoms with Gasteiger partial charge in [0.15, 0.2) is 0 Å². The summed E-state index contributed by atoms with van der Waals surface area (Å²) in [6.45, 7) is 5.56. The van der Waals surface area contributed by atoms with Crippen molar-refractivity contribution in [3.05, 3.63) is 29.8 Å². The highest BCUT2D eigenvalue weighted by Crippen LogP contribution is 2.16. The highest BCUT2D eigenvalue weighted by atomic mass is 16.2. The molecule has 0 radical (unpaired) electrons. The van der Waals surface area contributed by atoms with Crippen molar-refractivity contribution in [2.24, 2.45) is 0 Å². The van der Waals surface area contributed by atoms with E-state index in [4.69, 9.17) is 5.26 Å². The van der Waals surface area contributed by atoms with E-state index in [9.17, 15) is 4.79 Å². The molecule has 2 rings (SSSR count). The number of likely N-dealkylation sites (N-methyl/N-ethyl adjacent to an activating group) is 1. The molecule has 1 atom stereocenters. The largest absolute Gasteiger partial charge is 0.314 e. The summed E-state index contributed by atoms with van der Waals surface area (Å²) < 4.78 is 0. The van der Waals surface area contributed by atoms with E-state index in [0.29, 0.717) is 5.56 Å². The molecule has 0 aliphatic carbocycles. The van der Waals surface area contributed by atoms with Crippen molar-refractivity contribution in [3.63, 3.8) is 0 Å². The van der Waals surface area contributed by atoms with E-state index in [2.05, 4.69) is 16.3 Å². The van der Waals surface area contributed by atoms with Gasteiger partial charge in [0.05, 0.1) is 17.7 Å². The van der Waals surface area contributed by atoms with Crippen molar-refractivity contribution < 1.29 is 4.79 Å². The molecule has 1 aliphatic rings. The summed E-state index contributed by atoms with van der Waals surface area (Å²) in [4.78, 5) is 16.3. The van der Waals surface area contributed by atoms with E-state index in [1.807, 2.05) is 13.0 Å². The third-order valence-electron chi connectivity index (χ3n) is 3.75. The molecular formula is C15H20N4O. The van der Waals surface area contributed by atoms with Crippen LogP contribution in [0.4, 0.5) is 5.69 Å². The molecule has 0 saturated carbocycles. The first-order valence-corrected chi connectivity index (χ1v) is 6.86. The summed E-state index contributed by atoms with van der Waals surface area (Å²) in [7, 11) is 1.76. The van der Waals surface area contributed by atoms with Gasteiger partial charge in [-0.2, -0.15) is 5.26 Å². The van der Waals surface area contributed by atoms with Crippen LogP contribution in [0.5, 0.6) is 0 Å². The average molecular weight is 272 g/mol. The number of rotatable bonds is 3. The molecule has 0 spiro atoms. The molecular weight excluding hydrogens is 252 g/mol. The van der Waals surface area contributed by atoms with Crippen LogP contribution in [0.3, 0.4) is 0 Å². The van der Waals surface area contributed by atoms with E-state index in [-0.39, 0.29) is 11.9 Å². The fourth-order valence-corrected chi connectivity index (χ4v) is 2.42. The van der Waals surface area contributed by atoms with Crippen LogP contribution in [0.2, 0.25) is 0 Å². The molecule has 0 aromatic heterocycles. The Morgan fingerprint density at radius 1 is 1.45 bits per heavy atom. The molecule has 0 bridgehead atoms. The first kappa shape index (κ1) is 14.5. The topological polar surface area (TPSA) is 59.4 Å². The van der Waals surface area contributed by atoms with Crippen LogP contribution < -0.4 is 10.2 Å². The van der Waals surface area contributed by atoms with Crippen molar-refractivity contribution >= 4 is 11.6 Å². The molecule has 1 amide bonds. The number of nitriles is 1. The van der Waals surface area contributed by atoms with E-state index in [1.165, 1.54) is 0 Å². The van der Waals surface area contributed by atoms with Crippen molar-refractivity contribution in [3.8, 4) is 6.07 Å². The smallest absolute Gasteiger partial charge is 0.243 e. The monoisotopic (exact) mass is 272 g/mol. The first-order chi connectivity index (χ1) is 9.63. The molecule has 1 aromatic carbocycles. The van der Waals surface area contributed by atoms with Gasteiger partial charge in [-0.15, -0.1) is 0 Å². The lowest BCUT2D eigenvalue weighted by Crippen LogP contribution is -2.53. The molecule has 1 aromatic rings. The van der Waals surface area contributed by atoms with Crippen LogP contribution in [0.25, 0.3) is 0 Å². The number of piperazine rings is 1. The predicted molar refractivity (Wildman–Crippen MR) is 78.5 cm³/mol. The minimum Gasteiger partial charge on any atom is -0.314 e. The number of amides is 1. The Labute approximate surface area is 119 Å². The summed E-state index contributed by atoms with van der Waals surface area (Å²) in [6, 6.07) is 9.08. The van der Waals surface area contributed by atoms with Crippen molar-refractivity contribution in [1.29, 1.82) is 5.26 Å². The SMILES string of the molecule is CC(C(=O)N(C)c1cccc(C#N)c1)N1CCNCC1. The van der Waals surface area contributed by atoms with Gasteiger partial charge < -0.3 is 10.2 Å². The van der Waals surface area contributed by atoms with Gasteiger partial charge in [-0.3, -0.25) is 9.69 Å². The number of nitrogens with zero attached hydrogens (tertiary/aromatic N) is 3. The van der Waals surface area contributed by atoms with Gasteiger partial charge in [-0.25, -0.2) is 0 Å². The minimum absolute atomic E-state index is 0.0574. The highest BCUT2D eigenvalue weighted by molar-refractivity contribution is 5.96. The van der Waals surface area contributed by atoms with E-state index >= 15 is 0 Å².